The second-order valence-electron chi connectivity index (χ2n) is 12.9. The van der Waals surface area contributed by atoms with Crippen LogP contribution >= 0.6 is 0 Å². The molecule has 1 unspecified atom stereocenters. The van der Waals surface area contributed by atoms with E-state index in [2.05, 4.69) is 53.7 Å². The van der Waals surface area contributed by atoms with Crippen LogP contribution < -0.4 is 5.32 Å². The summed E-state index contributed by atoms with van der Waals surface area (Å²) >= 11 is 0. The Bertz CT molecular complexity index is 1700. The number of rotatable bonds is 8. The lowest BCUT2D eigenvalue weighted by Crippen LogP contribution is -2.45. The maximum absolute atomic E-state index is 13.5. The molecular formula is C32H37F2N5O3Si. The molecule has 2 bridgehead atoms. The average molecular weight is 606 g/mol. The third-order valence-corrected chi connectivity index (χ3v) is 13.7. The first kappa shape index (κ1) is 29.7. The molecule has 11 heteroatoms. The molecule has 3 atom stereocenters. The lowest BCUT2D eigenvalue weighted by molar-refractivity contribution is -0.137. The van der Waals surface area contributed by atoms with Gasteiger partial charge in [-0.1, -0.05) is 45.0 Å². The monoisotopic (exact) mass is 605 g/mol. The largest absolute Gasteiger partial charge is 0.407 e. The summed E-state index contributed by atoms with van der Waals surface area (Å²) in [5.74, 6) is 0.655. The summed E-state index contributed by atoms with van der Waals surface area (Å²) in [6.45, 7) is 9.59. The number of carbonyl (C=O) groups excluding carboxylic acids is 1. The Labute approximate surface area is 251 Å². The predicted molar refractivity (Wildman–Crippen MR) is 162 cm³/mol. The third-order valence-electron chi connectivity index (χ3n) is 9.18. The topological polar surface area (TPSA) is 91.2 Å². The summed E-state index contributed by atoms with van der Waals surface area (Å²) in [7, 11) is -2.22. The number of alkyl halides is 2. The molecule has 6 rings (SSSR count). The van der Waals surface area contributed by atoms with Crippen molar-refractivity contribution in [3.8, 4) is 11.3 Å². The number of nitrogens with one attached hydrogen (secondary N) is 1. The van der Waals surface area contributed by atoms with E-state index in [-0.39, 0.29) is 35.3 Å². The molecule has 0 radical (unpaired) electrons. The second kappa shape index (κ2) is 11.0. The molecule has 43 heavy (non-hydrogen) atoms. The number of nitrogens with zero attached hydrogens (tertiary/aromatic N) is 4. The highest BCUT2D eigenvalue weighted by Crippen LogP contribution is 2.47. The zero-order chi connectivity index (χ0) is 30.7. The van der Waals surface area contributed by atoms with E-state index < -0.39 is 21.0 Å². The maximum Gasteiger partial charge on any atom is 0.345 e. The van der Waals surface area contributed by atoms with Crippen LogP contribution in [0, 0.1) is 0 Å². The number of ketones is 1. The zero-order valence-corrected chi connectivity index (χ0v) is 26.3. The lowest BCUT2D eigenvalue weighted by Gasteiger charge is -2.37. The van der Waals surface area contributed by atoms with E-state index in [9.17, 15) is 13.6 Å². The van der Waals surface area contributed by atoms with Gasteiger partial charge in [-0.25, -0.2) is 15.0 Å². The smallest absolute Gasteiger partial charge is 0.345 e. The molecule has 0 amide bonds. The molecule has 0 fully saturated rings. The zero-order valence-electron chi connectivity index (χ0n) is 25.3. The van der Waals surface area contributed by atoms with Crippen LogP contribution in [0.3, 0.4) is 0 Å². The average Bonchev–Trinajstić information content (AvgIpc) is 3.43. The first-order valence-corrected chi connectivity index (χ1v) is 17.6. The van der Waals surface area contributed by atoms with Crippen molar-refractivity contribution in [1.82, 2.24) is 24.8 Å². The molecule has 0 aliphatic carbocycles. The molecule has 2 aromatic heterocycles. The fraction of sp³-hybridized carbons (Fsp3) is 0.438. The molecule has 8 nitrogen and oxygen atoms in total. The minimum Gasteiger partial charge on any atom is -0.407 e. The predicted octanol–water partition coefficient (Wildman–Crippen LogP) is 6.96. The first-order chi connectivity index (χ1) is 20.4. The number of benzene rings is 2. The minimum absolute atomic E-state index is 0.0304. The summed E-state index contributed by atoms with van der Waals surface area (Å²) < 4.78 is 40.5. The van der Waals surface area contributed by atoms with Crippen LogP contribution in [0.4, 0.5) is 8.78 Å². The molecule has 0 spiro atoms. The lowest BCUT2D eigenvalue weighted by atomic mass is 9.89. The van der Waals surface area contributed by atoms with Gasteiger partial charge in [-0.05, 0) is 66.4 Å². The summed E-state index contributed by atoms with van der Waals surface area (Å²) in [6.07, 6.45) is 1.55. The van der Waals surface area contributed by atoms with Gasteiger partial charge in [0.2, 0.25) is 5.78 Å². The second-order valence-corrected chi connectivity index (χ2v) is 17.7. The summed E-state index contributed by atoms with van der Waals surface area (Å²) in [5, 5.41) is 3.54. The molecular weight excluding hydrogens is 568 g/mol. The number of halogens is 2. The van der Waals surface area contributed by atoms with Gasteiger partial charge in [0.1, 0.15) is 11.9 Å². The SMILES string of the molecule is CC(O[Si](C)(C)C(C)(C)C)C(=O)c1nccc(-c2ccc3c(c2COC(F)F)[C@H]2C[C@@H](NC3)c3nc4ccccc4n32)n1. The number of para-hydroxylation sites is 2. The van der Waals surface area contributed by atoms with Crippen molar-refractivity contribution < 1.29 is 22.7 Å². The molecule has 2 aliphatic rings. The van der Waals surface area contributed by atoms with Gasteiger partial charge in [-0.15, -0.1) is 0 Å². The van der Waals surface area contributed by atoms with Crippen LogP contribution in [0.25, 0.3) is 22.3 Å². The van der Waals surface area contributed by atoms with Gasteiger partial charge in [-0.3, -0.25) is 4.79 Å². The molecule has 2 aliphatic heterocycles. The van der Waals surface area contributed by atoms with Crippen LogP contribution in [-0.2, 0) is 22.3 Å². The van der Waals surface area contributed by atoms with E-state index in [0.717, 1.165) is 34.4 Å². The molecule has 0 saturated carbocycles. The van der Waals surface area contributed by atoms with E-state index in [4.69, 9.17) is 14.1 Å². The fourth-order valence-electron chi connectivity index (χ4n) is 6.03. The normalized spacial score (nSPS) is 18.9. The van der Waals surface area contributed by atoms with E-state index in [1.807, 2.05) is 36.4 Å². The van der Waals surface area contributed by atoms with Crippen molar-refractivity contribution in [2.75, 3.05) is 0 Å². The minimum atomic E-state index is -2.94. The van der Waals surface area contributed by atoms with E-state index >= 15 is 0 Å². The van der Waals surface area contributed by atoms with E-state index in [1.54, 1.807) is 13.0 Å². The number of aromatic nitrogens is 4. The molecule has 226 valence electrons. The quantitative estimate of drug-likeness (QED) is 0.171. The Kier molecular flexibility index (Phi) is 7.56. The first-order valence-electron chi connectivity index (χ1n) is 14.7. The Morgan fingerprint density at radius 3 is 2.65 bits per heavy atom. The Morgan fingerprint density at radius 1 is 1.14 bits per heavy atom. The van der Waals surface area contributed by atoms with Crippen molar-refractivity contribution >= 4 is 25.1 Å². The van der Waals surface area contributed by atoms with Gasteiger partial charge in [-0.2, -0.15) is 8.78 Å². The third kappa shape index (κ3) is 5.32. The Morgan fingerprint density at radius 2 is 1.91 bits per heavy atom. The van der Waals surface area contributed by atoms with Gasteiger partial charge >= 0.3 is 6.61 Å². The highest BCUT2D eigenvalue weighted by molar-refractivity contribution is 6.74. The molecule has 2 aromatic carbocycles. The number of Topliss-reactive ketones (excluding diaryl/α,β-unsaturated/α-hetero) is 1. The van der Waals surface area contributed by atoms with Crippen LogP contribution in [0.5, 0.6) is 0 Å². The summed E-state index contributed by atoms with van der Waals surface area (Å²) in [6, 6.07) is 13.5. The van der Waals surface area contributed by atoms with Gasteiger partial charge in [0.05, 0.1) is 35.4 Å². The highest BCUT2D eigenvalue weighted by atomic mass is 28.4. The van der Waals surface area contributed by atoms with Crippen LogP contribution in [0.1, 0.15) is 79.3 Å². The van der Waals surface area contributed by atoms with Crippen molar-refractivity contribution in [2.45, 2.75) is 90.2 Å². The summed E-state index contributed by atoms with van der Waals surface area (Å²) in [4.78, 5) is 27.3. The maximum atomic E-state index is 13.5. The number of hydrogen-bond donors (Lipinski definition) is 1. The van der Waals surface area contributed by atoms with Gasteiger partial charge in [0.15, 0.2) is 14.1 Å². The van der Waals surface area contributed by atoms with Crippen molar-refractivity contribution in [1.29, 1.82) is 0 Å². The van der Waals surface area contributed by atoms with Gasteiger partial charge in [0.25, 0.3) is 0 Å². The molecule has 4 aromatic rings. The molecule has 0 saturated heterocycles. The Hall–Kier alpha value is -3.38. The standard InChI is InChI=1S/C32H37F2N5O3Si/c1-18(42-43(5,6)32(2,3)4)28(40)29-35-14-13-22(37-29)20-12-11-19-16-36-24-15-26(27(19)21(20)17-41-31(33)34)39-25-10-8-7-9-23(25)38-30(24)39/h7-14,18,24,26,31,36H,15-17H2,1-6H3/t18?,24-,26-/m1/s1. The fourth-order valence-corrected chi connectivity index (χ4v) is 7.38. The van der Waals surface area contributed by atoms with Gasteiger partial charge in [0, 0.05) is 18.3 Å². The van der Waals surface area contributed by atoms with Crippen molar-refractivity contribution in [2.24, 2.45) is 0 Å². The number of carbonyl (C=O) groups is 1. The van der Waals surface area contributed by atoms with Gasteiger partial charge < -0.3 is 19.0 Å². The Balaban J connectivity index is 1.43. The molecule has 1 N–H and O–H groups in total. The van der Waals surface area contributed by atoms with E-state index in [1.165, 1.54) is 6.20 Å². The number of ether oxygens (including phenoxy) is 1. The molecule has 4 heterocycles. The van der Waals surface area contributed by atoms with E-state index in [0.29, 0.717) is 23.4 Å². The number of hydrogen-bond acceptors (Lipinski definition) is 7. The highest BCUT2D eigenvalue weighted by Gasteiger charge is 2.41. The van der Waals surface area contributed by atoms with Crippen LogP contribution in [0.15, 0.2) is 48.7 Å². The van der Waals surface area contributed by atoms with Crippen LogP contribution in [-0.4, -0.2) is 46.3 Å². The number of imidazole rings is 1. The summed E-state index contributed by atoms with van der Waals surface area (Å²) in [5.41, 5.74) is 5.55. The van der Waals surface area contributed by atoms with Crippen LogP contribution in [0.2, 0.25) is 18.1 Å². The van der Waals surface area contributed by atoms with Crippen molar-refractivity contribution in [3.63, 3.8) is 0 Å². The van der Waals surface area contributed by atoms with Crippen molar-refractivity contribution in [3.05, 3.63) is 77.0 Å². The number of fused-ring (bicyclic) bond motifs is 9.